The van der Waals surface area contributed by atoms with E-state index in [4.69, 9.17) is 0 Å². The molecule has 1 saturated carbocycles. The van der Waals surface area contributed by atoms with Crippen LogP contribution in [0.4, 0.5) is 13.2 Å². The molecule has 1 aromatic carbocycles. The Bertz CT molecular complexity index is 474. The molecule has 0 unspecified atom stereocenters. The fraction of sp³-hybridized carbons (Fsp3) is 0.625. The average Bonchev–Trinajstić information content (AvgIpc) is 2.40. The van der Waals surface area contributed by atoms with Crippen molar-refractivity contribution in [1.29, 1.82) is 0 Å². The number of benzene rings is 1. The maximum Gasteiger partial charge on any atom is 0.417 e. The zero-order valence-electron chi connectivity index (χ0n) is 11.8. The predicted molar refractivity (Wildman–Crippen MR) is 73.6 cm³/mol. The highest BCUT2D eigenvalue weighted by Gasteiger charge is 2.65. The summed E-state index contributed by atoms with van der Waals surface area (Å²) in [6.45, 7) is 1.30. The number of hydrogen-bond acceptors (Lipinski definition) is 2. The third kappa shape index (κ3) is 2.57. The van der Waals surface area contributed by atoms with Crippen LogP contribution in [0.3, 0.4) is 0 Å². The van der Waals surface area contributed by atoms with Crippen LogP contribution in [-0.2, 0) is 6.54 Å². The van der Waals surface area contributed by atoms with Crippen molar-refractivity contribution in [3.63, 3.8) is 0 Å². The number of likely N-dealkylation sites (tertiary alicyclic amines) is 1. The van der Waals surface area contributed by atoms with E-state index in [0.29, 0.717) is 32.5 Å². The molecule has 2 bridgehead atoms. The number of rotatable bonds is 2. The maximum absolute atomic E-state index is 13.3. The van der Waals surface area contributed by atoms with Gasteiger partial charge in [-0.3, -0.25) is 4.90 Å². The van der Waals surface area contributed by atoms with Crippen LogP contribution in [0.1, 0.15) is 24.8 Å². The summed E-state index contributed by atoms with van der Waals surface area (Å²) in [5, 5.41) is 10.3. The molecule has 2 aliphatic rings. The molecule has 2 atom stereocenters. The van der Waals surface area contributed by atoms with Crippen LogP contribution in [0.5, 0.6) is 0 Å². The van der Waals surface area contributed by atoms with Crippen LogP contribution >= 0.6 is 0 Å². The summed E-state index contributed by atoms with van der Waals surface area (Å²) in [4.78, 5) is 2.06. The minimum Gasteiger partial charge on any atom is -0.380 e. The van der Waals surface area contributed by atoms with Gasteiger partial charge in [-0.05, 0) is 18.4 Å². The van der Waals surface area contributed by atoms with Crippen molar-refractivity contribution in [2.24, 2.45) is 11.8 Å². The summed E-state index contributed by atoms with van der Waals surface area (Å²) in [6.07, 6.45) is -2.83. The highest BCUT2D eigenvalue weighted by molar-refractivity contribution is 5.15. The first-order chi connectivity index (χ1) is 9.91. The van der Waals surface area contributed by atoms with Gasteiger partial charge in [-0.25, -0.2) is 0 Å². The lowest BCUT2D eigenvalue weighted by atomic mass is 9.65. The van der Waals surface area contributed by atoms with Gasteiger partial charge in [0.05, 0.1) is 0 Å². The Hall–Kier alpha value is -1.07. The second-order valence-corrected chi connectivity index (χ2v) is 6.33. The molecule has 3 rings (SSSR count). The number of hydrogen-bond donors (Lipinski definition) is 1. The molecular weight excluding hydrogens is 279 g/mol. The molecule has 1 N–H and O–H groups in total. The van der Waals surface area contributed by atoms with E-state index in [-0.39, 0.29) is 0 Å². The average molecular weight is 299 g/mol. The fourth-order valence-corrected chi connectivity index (χ4v) is 3.98. The van der Waals surface area contributed by atoms with Crippen molar-refractivity contribution in [3.8, 4) is 0 Å². The third-order valence-electron chi connectivity index (χ3n) is 5.01. The Morgan fingerprint density at radius 1 is 1.10 bits per heavy atom. The SMILES string of the molecule is OC1(C(F)(F)F)[C@H]2CCC[C@H]1CN(Cc1ccccc1)C2. The Morgan fingerprint density at radius 3 is 2.19 bits per heavy atom. The molecule has 1 aliphatic heterocycles. The zero-order valence-corrected chi connectivity index (χ0v) is 11.8. The second-order valence-electron chi connectivity index (χ2n) is 6.33. The van der Waals surface area contributed by atoms with Crippen LogP contribution in [0.25, 0.3) is 0 Å². The summed E-state index contributed by atoms with van der Waals surface area (Å²) in [5.41, 5.74) is -1.38. The Labute approximate surface area is 122 Å². The topological polar surface area (TPSA) is 23.5 Å². The Balaban J connectivity index is 1.78. The van der Waals surface area contributed by atoms with Gasteiger partial charge in [-0.2, -0.15) is 13.2 Å². The van der Waals surface area contributed by atoms with E-state index in [1.54, 1.807) is 0 Å². The van der Waals surface area contributed by atoms with Crippen molar-refractivity contribution in [2.75, 3.05) is 13.1 Å². The van der Waals surface area contributed by atoms with Crippen molar-refractivity contribution in [2.45, 2.75) is 37.6 Å². The number of aliphatic hydroxyl groups is 1. The first-order valence-electron chi connectivity index (χ1n) is 7.46. The molecule has 2 nitrogen and oxygen atoms in total. The molecule has 21 heavy (non-hydrogen) atoms. The minimum atomic E-state index is -4.53. The first kappa shape index (κ1) is 14.9. The zero-order chi connectivity index (χ0) is 15.1. The third-order valence-corrected chi connectivity index (χ3v) is 5.01. The van der Waals surface area contributed by atoms with Crippen LogP contribution in [0, 0.1) is 11.8 Å². The molecule has 0 radical (unpaired) electrons. The van der Waals surface area contributed by atoms with Gasteiger partial charge in [0, 0.05) is 31.5 Å². The smallest absolute Gasteiger partial charge is 0.380 e. The largest absolute Gasteiger partial charge is 0.417 e. The monoisotopic (exact) mass is 299 g/mol. The summed E-state index contributed by atoms with van der Waals surface area (Å²) in [7, 11) is 0. The van der Waals surface area contributed by atoms with Gasteiger partial charge >= 0.3 is 6.18 Å². The van der Waals surface area contributed by atoms with Gasteiger partial charge in [0.2, 0.25) is 0 Å². The van der Waals surface area contributed by atoms with E-state index in [0.717, 1.165) is 12.0 Å². The molecule has 1 aliphatic carbocycles. The second kappa shape index (κ2) is 5.29. The highest BCUT2D eigenvalue weighted by atomic mass is 19.4. The molecule has 1 heterocycles. The molecule has 0 aromatic heterocycles. The number of fused-ring (bicyclic) bond motifs is 2. The van der Waals surface area contributed by atoms with Crippen LogP contribution in [0.15, 0.2) is 30.3 Å². The van der Waals surface area contributed by atoms with Crippen molar-refractivity contribution in [1.82, 2.24) is 4.90 Å². The summed E-state index contributed by atoms with van der Waals surface area (Å²) < 4.78 is 40.0. The summed E-state index contributed by atoms with van der Waals surface area (Å²) in [5.74, 6) is -1.40. The van der Waals surface area contributed by atoms with Gasteiger partial charge < -0.3 is 5.11 Å². The van der Waals surface area contributed by atoms with E-state index < -0.39 is 23.6 Å². The minimum absolute atomic E-state index is 0.321. The molecule has 0 spiro atoms. The van der Waals surface area contributed by atoms with Gasteiger partial charge in [-0.1, -0.05) is 36.8 Å². The number of nitrogens with zero attached hydrogens (tertiary/aromatic N) is 1. The van der Waals surface area contributed by atoms with Gasteiger partial charge in [0.25, 0.3) is 0 Å². The first-order valence-corrected chi connectivity index (χ1v) is 7.46. The molecular formula is C16H20F3NO. The van der Waals surface area contributed by atoms with E-state index in [9.17, 15) is 18.3 Å². The number of halogens is 3. The van der Waals surface area contributed by atoms with Crippen molar-refractivity contribution < 1.29 is 18.3 Å². The maximum atomic E-state index is 13.3. The normalized spacial score (nSPS) is 33.9. The number of alkyl halides is 3. The number of piperidine rings is 1. The molecule has 1 saturated heterocycles. The van der Waals surface area contributed by atoms with E-state index in [1.165, 1.54) is 0 Å². The van der Waals surface area contributed by atoms with Crippen LogP contribution < -0.4 is 0 Å². The quantitative estimate of drug-likeness (QED) is 0.906. The van der Waals surface area contributed by atoms with Crippen molar-refractivity contribution in [3.05, 3.63) is 35.9 Å². The fourth-order valence-electron chi connectivity index (χ4n) is 3.98. The molecule has 1 aromatic rings. The predicted octanol–water partition coefficient (Wildman–Crippen LogP) is 3.21. The molecule has 2 fully saturated rings. The van der Waals surface area contributed by atoms with Gasteiger partial charge in [0.1, 0.15) is 0 Å². The standard InChI is InChI=1S/C16H20F3NO/c17-16(18,19)15(21)13-7-4-8-14(15)11-20(10-13)9-12-5-2-1-3-6-12/h1-3,5-6,13-14,21H,4,7-11H2/t13-,14-/m0/s1. The molecule has 0 amide bonds. The van der Waals surface area contributed by atoms with E-state index >= 15 is 0 Å². The van der Waals surface area contributed by atoms with Crippen LogP contribution in [0.2, 0.25) is 0 Å². The molecule has 5 heteroatoms. The lowest BCUT2D eigenvalue weighted by Gasteiger charge is -2.53. The van der Waals surface area contributed by atoms with E-state index in [1.807, 2.05) is 30.3 Å². The van der Waals surface area contributed by atoms with Gasteiger partial charge in [-0.15, -0.1) is 0 Å². The highest BCUT2D eigenvalue weighted by Crippen LogP contribution is 2.51. The lowest BCUT2D eigenvalue weighted by Crippen LogP contribution is -2.66. The summed E-state index contributed by atoms with van der Waals surface area (Å²) >= 11 is 0. The molecule has 116 valence electrons. The van der Waals surface area contributed by atoms with E-state index in [2.05, 4.69) is 4.90 Å². The van der Waals surface area contributed by atoms with Gasteiger partial charge in [0.15, 0.2) is 5.60 Å². The summed E-state index contributed by atoms with van der Waals surface area (Å²) in [6, 6.07) is 9.77. The Kier molecular flexibility index (Phi) is 3.74. The van der Waals surface area contributed by atoms with Crippen molar-refractivity contribution >= 4 is 0 Å². The Morgan fingerprint density at radius 2 is 1.67 bits per heavy atom. The lowest BCUT2D eigenvalue weighted by molar-refractivity contribution is -0.320. The van der Waals surface area contributed by atoms with Crippen LogP contribution in [-0.4, -0.2) is 34.9 Å².